The standard InChI is InChI=1S/C26H29N3O4/c1-26(25(31)27-15-21-9-6-12-33-21)17-28-22-14-20(32-2)11-10-19(22)13-23(28)24(30)29(26)16-18-7-4-3-5-8-18/h3-5,7-8,10-11,13-14,21H,6,9,12,15-17H2,1-2H3,(H,27,31)/t21-,26+/m0/s1. The summed E-state index contributed by atoms with van der Waals surface area (Å²) in [6.07, 6.45) is 1.99. The molecule has 1 saturated heterocycles. The molecule has 0 radical (unpaired) electrons. The van der Waals surface area contributed by atoms with Gasteiger partial charge >= 0.3 is 0 Å². The zero-order chi connectivity index (χ0) is 23.0. The van der Waals surface area contributed by atoms with Gasteiger partial charge in [0.25, 0.3) is 5.91 Å². The fourth-order valence-corrected chi connectivity index (χ4v) is 4.87. The molecule has 0 unspecified atom stereocenters. The van der Waals surface area contributed by atoms with E-state index in [1.54, 1.807) is 12.0 Å². The number of hydrogen-bond acceptors (Lipinski definition) is 4. The van der Waals surface area contributed by atoms with Crippen LogP contribution in [-0.2, 0) is 22.6 Å². The molecule has 2 aliphatic heterocycles. The zero-order valence-electron chi connectivity index (χ0n) is 19.0. The topological polar surface area (TPSA) is 72.8 Å². The number of carbonyl (C=O) groups is 2. The van der Waals surface area contributed by atoms with E-state index in [2.05, 4.69) is 5.32 Å². The largest absolute Gasteiger partial charge is 0.497 e. The molecule has 2 aliphatic rings. The summed E-state index contributed by atoms with van der Waals surface area (Å²) < 4.78 is 13.0. The molecule has 3 aromatic rings. The van der Waals surface area contributed by atoms with Crippen molar-refractivity contribution in [3.63, 3.8) is 0 Å². The Bertz CT molecular complexity index is 1180. The number of carbonyl (C=O) groups excluding carboxylic acids is 2. The van der Waals surface area contributed by atoms with Gasteiger partial charge in [0.05, 0.1) is 25.3 Å². The Labute approximate surface area is 193 Å². The van der Waals surface area contributed by atoms with Crippen LogP contribution in [0.5, 0.6) is 5.75 Å². The highest BCUT2D eigenvalue weighted by molar-refractivity contribution is 6.03. The number of aromatic nitrogens is 1. The summed E-state index contributed by atoms with van der Waals surface area (Å²) in [5, 5.41) is 4.02. The predicted octanol–water partition coefficient (Wildman–Crippen LogP) is 3.36. The number of fused-ring (bicyclic) bond motifs is 3. The number of ether oxygens (including phenoxy) is 2. The van der Waals surface area contributed by atoms with Gasteiger partial charge in [0.15, 0.2) is 0 Å². The van der Waals surface area contributed by atoms with Crippen molar-refractivity contribution in [1.82, 2.24) is 14.8 Å². The normalized spacial score (nSPS) is 22.4. The van der Waals surface area contributed by atoms with E-state index in [0.717, 1.165) is 35.9 Å². The minimum Gasteiger partial charge on any atom is -0.497 e. The van der Waals surface area contributed by atoms with Crippen LogP contribution >= 0.6 is 0 Å². The molecule has 2 amide bonds. The third-order valence-electron chi connectivity index (χ3n) is 6.82. The highest BCUT2D eigenvalue weighted by Gasteiger charge is 2.47. The lowest BCUT2D eigenvalue weighted by Crippen LogP contribution is -2.64. The van der Waals surface area contributed by atoms with Crippen LogP contribution in [0.4, 0.5) is 0 Å². The quantitative estimate of drug-likeness (QED) is 0.629. The molecular weight excluding hydrogens is 418 g/mol. The lowest BCUT2D eigenvalue weighted by molar-refractivity contribution is -0.133. The van der Waals surface area contributed by atoms with Gasteiger partial charge in [-0.05, 0) is 43.5 Å². The molecule has 1 aromatic heterocycles. The molecule has 2 atom stereocenters. The van der Waals surface area contributed by atoms with Crippen LogP contribution in [0.1, 0.15) is 35.8 Å². The molecule has 172 valence electrons. The number of rotatable bonds is 6. The van der Waals surface area contributed by atoms with E-state index in [9.17, 15) is 9.59 Å². The van der Waals surface area contributed by atoms with E-state index in [4.69, 9.17) is 9.47 Å². The maximum atomic E-state index is 13.8. The van der Waals surface area contributed by atoms with Crippen molar-refractivity contribution in [1.29, 1.82) is 0 Å². The van der Waals surface area contributed by atoms with Crippen molar-refractivity contribution in [2.75, 3.05) is 20.3 Å². The van der Waals surface area contributed by atoms with Gasteiger partial charge in [-0.3, -0.25) is 9.59 Å². The average molecular weight is 448 g/mol. The first kappa shape index (κ1) is 21.5. The van der Waals surface area contributed by atoms with Crippen LogP contribution in [0, 0.1) is 0 Å². The summed E-state index contributed by atoms with van der Waals surface area (Å²) >= 11 is 0. The first-order valence-corrected chi connectivity index (χ1v) is 11.4. The lowest BCUT2D eigenvalue weighted by atomic mass is 9.93. The Morgan fingerprint density at radius 2 is 2.03 bits per heavy atom. The minimum atomic E-state index is -1.06. The summed E-state index contributed by atoms with van der Waals surface area (Å²) in [7, 11) is 1.62. The van der Waals surface area contributed by atoms with Crippen LogP contribution < -0.4 is 10.1 Å². The molecule has 3 heterocycles. The van der Waals surface area contributed by atoms with Gasteiger partial charge in [-0.2, -0.15) is 0 Å². The smallest absolute Gasteiger partial charge is 0.271 e. The first-order valence-electron chi connectivity index (χ1n) is 11.4. The monoisotopic (exact) mass is 447 g/mol. The van der Waals surface area contributed by atoms with E-state index in [1.807, 2.05) is 66.1 Å². The van der Waals surface area contributed by atoms with Gasteiger partial charge in [-0.15, -0.1) is 0 Å². The predicted molar refractivity (Wildman–Crippen MR) is 125 cm³/mol. The molecule has 0 spiro atoms. The third-order valence-corrected chi connectivity index (χ3v) is 6.82. The average Bonchev–Trinajstić information content (AvgIpc) is 3.48. The first-order chi connectivity index (χ1) is 16.0. The van der Waals surface area contributed by atoms with Crippen molar-refractivity contribution < 1.29 is 19.1 Å². The van der Waals surface area contributed by atoms with Crippen molar-refractivity contribution in [3.8, 4) is 5.75 Å². The van der Waals surface area contributed by atoms with E-state index < -0.39 is 5.54 Å². The Hall–Kier alpha value is -3.32. The Morgan fingerprint density at radius 1 is 1.21 bits per heavy atom. The lowest BCUT2D eigenvalue weighted by Gasteiger charge is -2.44. The highest BCUT2D eigenvalue weighted by atomic mass is 16.5. The van der Waals surface area contributed by atoms with Gasteiger partial charge in [0, 0.05) is 31.1 Å². The van der Waals surface area contributed by atoms with E-state index in [-0.39, 0.29) is 17.9 Å². The van der Waals surface area contributed by atoms with Crippen molar-refractivity contribution >= 4 is 22.7 Å². The second-order valence-corrected chi connectivity index (χ2v) is 9.04. The molecule has 33 heavy (non-hydrogen) atoms. The summed E-state index contributed by atoms with van der Waals surface area (Å²) in [6.45, 7) is 3.75. The van der Waals surface area contributed by atoms with Gasteiger partial charge < -0.3 is 24.3 Å². The number of methoxy groups -OCH3 is 1. The van der Waals surface area contributed by atoms with Crippen LogP contribution in [0.3, 0.4) is 0 Å². The summed E-state index contributed by atoms with van der Waals surface area (Å²) in [5.74, 6) is 0.389. The van der Waals surface area contributed by atoms with E-state index in [1.165, 1.54) is 0 Å². The fraction of sp³-hybridized carbons (Fsp3) is 0.385. The minimum absolute atomic E-state index is 0.0339. The van der Waals surface area contributed by atoms with E-state index in [0.29, 0.717) is 31.1 Å². The molecule has 0 aliphatic carbocycles. The second kappa shape index (κ2) is 8.56. The third kappa shape index (κ3) is 3.86. The zero-order valence-corrected chi connectivity index (χ0v) is 19.0. The Balaban J connectivity index is 1.53. The summed E-state index contributed by atoms with van der Waals surface area (Å²) in [4.78, 5) is 29.1. The maximum absolute atomic E-state index is 13.8. The van der Waals surface area contributed by atoms with Gasteiger partial charge in [0.1, 0.15) is 17.0 Å². The van der Waals surface area contributed by atoms with Gasteiger partial charge in [0.2, 0.25) is 5.91 Å². The molecule has 1 fully saturated rings. The highest BCUT2D eigenvalue weighted by Crippen LogP contribution is 2.34. The number of amides is 2. The molecule has 7 nitrogen and oxygen atoms in total. The molecule has 0 saturated carbocycles. The number of nitrogens with zero attached hydrogens (tertiary/aromatic N) is 2. The SMILES string of the molecule is COc1ccc2cc3n(c2c1)C[C@](C)(C(=O)NC[C@@H]1CCCO1)N(Cc1ccccc1)C3=O. The van der Waals surface area contributed by atoms with Crippen LogP contribution in [0.15, 0.2) is 54.6 Å². The summed E-state index contributed by atoms with van der Waals surface area (Å²) in [5.41, 5.74) is 1.39. The molecule has 7 heteroatoms. The van der Waals surface area contributed by atoms with Crippen LogP contribution in [0.2, 0.25) is 0 Å². The van der Waals surface area contributed by atoms with Crippen molar-refractivity contribution in [2.45, 2.75) is 44.5 Å². The Kier molecular flexibility index (Phi) is 5.58. The summed E-state index contributed by atoms with van der Waals surface area (Å²) in [6, 6.07) is 17.4. The maximum Gasteiger partial charge on any atom is 0.271 e. The van der Waals surface area contributed by atoms with Crippen LogP contribution in [0.25, 0.3) is 10.9 Å². The molecular formula is C26H29N3O4. The number of benzene rings is 2. The number of nitrogens with one attached hydrogen (secondary N) is 1. The molecule has 5 rings (SSSR count). The van der Waals surface area contributed by atoms with E-state index >= 15 is 0 Å². The van der Waals surface area contributed by atoms with Gasteiger partial charge in [-0.1, -0.05) is 30.3 Å². The van der Waals surface area contributed by atoms with Crippen molar-refractivity contribution in [3.05, 3.63) is 65.9 Å². The molecule has 1 N–H and O–H groups in total. The van der Waals surface area contributed by atoms with Gasteiger partial charge in [-0.25, -0.2) is 0 Å². The second-order valence-electron chi connectivity index (χ2n) is 9.04. The van der Waals surface area contributed by atoms with Crippen molar-refractivity contribution in [2.24, 2.45) is 0 Å². The molecule has 0 bridgehead atoms. The number of hydrogen-bond donors (Lipinski definition) is 1. The molecule has 2 aromatic carbocycles. The van der Waals surface area contributed by atoms with Crippen LogP contribution in [-0.4, -0.2) is 53.2 Å². The fourth-order valence-electron chi connectivity index (χ4n) is 4.87. The Morgan fingerprint density at radius 3 is 2.76 bits per heavy atom.